The van der Waals surface area contributed by atoms with Gasteiger partial charge in [0.1, 0.15) is 0 Å². The number of amides is 1. The summed E-state index contributed by atoms with van der Waals surface area (Å²) in [5.74, 6) is -0.0736. The Balaban J connectivity index is 1.40. The van der Waals surface area contributed by atoms with Crippen LogP contribution in [0.5, 0.6) is 0 Å². The summed E-state index contributed by atoms with van der Waals surface area (Å²) >= 11 is 1.61. The quantitative estimate of drug-likeness (QED) is 0.715. The number of carbonyl (C=O) groups is 1. The maximum atomic E-state index is 11.8. The van der Waals surface area contributed by atoms with Gasteiger partial charge in [-0.15, -0.1) is 0 Å². The normalized spacial score (nSPS) is 16.8. The zero-order valence-corrected chi connectivity index (χ0v) is 13.3. The minimum absolute atomic E-state index is 0.0736. The first-order chi connectivity index (χ1) is 10.6. The number of fused-ring (bicyclic) bond motifs is 1. The molecule has 0 spiro atoms. The molecule has 1 aliphatic carbocycles. The van der Waals surface area contributed by atoms with Crippen molar-refractivity contribution in [1.29, 1.82) is 0 Å². The number of benzene rings is 1. The van der Waals surface area contributed by atoms with Gasteiger partial charge in [0.2, 0.25) is 5.91 Å². The van der Waals surface area contributed by atoms with Crippen LogP contribution in [-0.2, 0) is 4.79 Å². The van der Waals surface area contributed by atoms with E-state index in [2.05, 4.69) is 15.6 Å². The summed E-state index contributed by atoms with van der Waals surface area (Å²) in [4.78, 5) is 16.3. The summed E-state index contributed by atoms with van der Waals surface area (Å²) in [6.07, 6.45) is 3.73. The molecule has 3 N–H and O–H groups in total. The molecule has 118 valence electrons. The van der Waals surface area contributed by atoms with Gasteiger partial charge in [-0.05, 0) is 25.0 Å². The molecular weight excluding hydrogens is 298 g/mol. The fraction of sp³-hybridized carbons (Fsp3) is 0.500. The Labute approximate surface area is 133 Å². The minimum Gasteiger partial charge on any atom is -0.389 e. The van der Waals surface area contributed by atoms with Crippen molar-refractivity contribution in [3.05, 3.63) is 24.3 Å². The van der Waals surface area contributed by atoms with E-state index in [9.17, 15) is 9.90 Å². The maximum absolute atomic E-state index is 11.8. The average molecular weight is 319 g/mol. The third-order valence-corrected chi connectivity index (χ3v) is 5.04. The van der Waals surface area contributed by atoms with Crippen molar-refractivity contribution < 1.29 is 9.90 Å². The van der Waals surface area contributed by atoms with E-state index >= 15 is 0 Å². The van der Waals surface area contributed by atoms with E-state index in [0.717, 1.165) is 41.0 Å². The molecule has 1 heterocycles. The third-order valence-electron chi connectivity index (χ3n) is 4.04. The predicted molar refractivity (Wildman–Crippen MR) is 89.2 cm³/mol. The summed E-state index contributed by atoms with van der Waals surface area (Å²) in [6, 6.07) is 8.00. The number of hydrogen-bond acceptors (Lipinski definition) is 5. The second kappa shape index (κ2) is 6.62. The van der Waals surface area contributed by atoms with Crippen LogP contribution in [0.4, 0.5) is 5.13 Å². The lowest BCUT2D eigenvalue weighted by atomic mass is 9.98. The Morgan fingerprint density at radius 2 is 2.05 bits per heavy atom. The molecule has 22 heavy (non-hydrogen) atoms. The molecule has 1 amide bonds. The molecule has 1 saturated carbocycles. The summed E-state index contributed by atoms with van der Waals surface area (Å²) < 4.78 is 1.15. The largest absolute Gasteiger partial charge is 0.389 e. The number of rotatable bonds is 6. The summed E-state index contributed by atoms with van der Waals surface area (Å²) in [5, 5.41) is 17.1. The highest BCUT2D eigenvalue weighted by atomic mass is 32.1. The Hall–Kier alpha value is -1.66. The van der Waals surface area contributed by atoms with Crippen molar-refractivity contribution in [3.63, 3.8) is 0 Å². The number of aliphatic hydroxyl groups is 1. The molecule has 0 atom stereocenters. The minimum atomic E-state index is -0.773. The highest BCUT2D eigenvalue weighted by Crippen LogP contribution is 2.32. The number of anilines is 1. The molecule has 0 aliphatic heterocycles. The van der Waals surface area contributed by atoms with Gasteiger partial charge in [-0.25, -0.2) is 4.98 Å². The molecule has 3 rings (SSSR count). The number of nitrogens with zero attached hydrogens (tertiary/aromatic N) is 1. The van der Waals surface area contributed by atoms with Crippen molar-refractivity contribution in [1.82, 2.24) is 10.3 Å². The number of para-hydroxylation sites is 1. The smallest absolute Gasteiger partial charge is 0.222 e. The van der Waals surface area contributed by atoms with Crippen LogP contribution in [0.3, 0.4) is 0 Å². The summed E-state index contributed by atoms with van der Waals surface area (Å²) in [7, 11) is 0. The number of hydrogen-bond donors (Lipinski definition) is 3. The van der Waals surface area contributed by atoms with Crippen LogP contribution >= 0.6 is 11.3 Å². The van der Waals surface area contributed by atoms with E-state index in [4.69, 9.17) is 0 Å². The highest BCUT2D eigenvalue weighted by molar-refractivity contribution is 7.22. The molecular formula is C16H21N3O2S. The van der Waals surface area contributed by atoms with Gasteiger partial charge in [-0.2, -0.15) is 0 Å². The molecule has 0 unspecified atom stereocenters. The lowest BCUT2D eigenvalue weighted by molar-refractivity contribution is -0.125. The first-order valence-electron chi connectivity index (χ1n) is 7.73. The molecule has 0 bridgehead atoms. The molecule has 6 heteroatoms. The van der Waals surface area contributed by atoms with Crippen molar-refractivity contribution in [2.45, 2.75) is 37.7 Å². The van der Waals surface area contributed by atoms with E-state index in [1.807, 2.05) is 24.3 Å². The molecule has 1 fully saturated rings. The zero-order valence-electron chi connectivity index (χ0n) is 12.5. The molecule has 1 aromatic heterocycles. The van der Waals surface area contributed by atoms with Gasteiger partial charge in [0, 0.05) is 13.1 Å². The first-order valence-corrected chi connectivity index (χ1v) is 8.55. The van der Waals surface area contributed by atoms with Crippen LogP contribution in [0.2, 0.25) is 0 Å². The molecule has 2 aromatic rings. The first kappa shape index (κ1) is 15.2. The van der Waals surface area contributed by atoms with Crippen molar-refractivity contribution in [3.8, 4) is 0 Å². The fourth-order valence-electron chi connectivity index (χ4n) is 2.89. The number of carbonyl (C=O) groups excluding carboxylic acids is 1. The summed E-state index contributed by atoms with van der Waals surface area (Å²) in [5.41, 5.74) is 0.215. The highest BCUT2D eigenvalue weighted by Gasteiger charge is 2.33. The van der Waals surface area contributed by atoms with Gasteiger partial charge in [-0.3, -0.25) is 4.79 Å². The van der Waals surface area contributed by atoms with Crippen LogP contribution in [0.1, 0.15) is 32.1 Å². The van der Waals surface area contributed by atoms with Gasteiger partial charge in [0.25, 0.3) is 0 Å². The Morgan fingerprint density at radius 3 is 2.82 bits per heavy atom. The van der Waals surface area contributed by atoms with E-state index in [-0.39, 0.29) is 12.3 Å². The molecule has 5 nitrogen and oxygen atoms in total. The van der Waals surface area contributed by atoms with Crippen LogP contribution in [0, 0.1) is 0 Å². The van der Waals surface area contributed by atoms with Crippen LogP contribution in [0.25, 0.3) is 10.2 Å². The van der Waals surface area contributed by atoms with Gasteiger partial charge < -0.3 is 15.7 Å². The predicted octanol–water partition coefficient (Wildman–Crippen LogP) is 2.52. The summed E-state index contributed by atoms with van der Waals surface area (Å²) in [6.45, 7) is 1.16. The van der Waals surface area contributed by atoms with Crippen LogP contribution < -0.4 is 10.6 Å². The van der Waals surface area contributed by atoms with E-state index in [1.165, 1.54) is 0 Å². The van der Waals surface area contributed by atoms with Crippen molar-refractivity contribution in [2.24, 2.45) is 0 Å². The van der Waals surface area contributed by atoms with Gasteiger partial charge in [0.05, 0.1) is 22.2 Å². The van der Waals surface area contributed by atoms with Crippen LogP contribution in [0.15, 0.2) is 24.3 Å². The van der Waals surface area contributed by atoms with Crippen molar-refractivity contribution >= 4 is 32.6 Å². The molecule has 0 saturated heterocycles. The second-order valence-corrected chi connectivity index (χ2v) is 6.90. The van der Waals surface area contributed by atoms with Crippen molar-refractivity contribution in [2.75, 3.05) is 18.4 Å². The molecule has 0 radical (unpaired) electrons. The number of aromatic nitrogens is 1. The van der Waals surface area contributed by atoms with Gasteiger partial charge in [0.15, 0.2) is 5.13 Å². The number of nitrogens with one attached hydrogen (secondary N) is 2. The van der Waals surface area contributed by atoms with Gasteiger partial charge >= 0.3 is 0 Å². The monoisotopic (exact) mass is 319 g/mol. The second-order valence-electron chi connectivity index (χ2n) is 5.87. The third kappa shape index (κ3) is 3.75. The van der Waals surface area contributed by atoms with E-state index < -0.39 is 5.60 Å². The lowest BCUT2D eigenvalue weighted by Gasteiger charge is -2.21. The number of thiazole rings is 1. The molecule has 1 aromatic carbocycles. The fourth-order valence-corrected chi connectivity index (χ4v) is 3.78. The van der Waals surface area contributed by atoms with E-state index in [1.54, 1.807) is 11.3 Å². The SMILES string of the molecule is O=C(CC1(O)CCCC1)NCCNc1nc2ccccc2s1. The Kier molecular flexibility index (Phi) is 4.59. The molecule has 1 aliphatic rings. The maximum Gasteiger partial charge on any atom is 0.222 e. The van der Waals surface area contributed by atoms with Gasteiger partial charge in [-0.1, -0.05) is 36.3 Å². The van der Waals surface area contributed by atoms with E-state index in [0.29, 0.717) is 13.1 Å². The lowest BCUT2D eigenvalue weighted by Crippen LogP contribution is -2.36. The Bertz CT molecular complexity index is 617. The topological polar surface area (TPSA) is 74.2 Å². The standard InChI is InChI=1S/C16H21N3O2S/c20-14(11-16(21)7-3-4-8-16)17-9-10-18-15-19-12-5-1-2-6-13(12)22-15/h1-2,5-6,21H,3-4,7-11H2,(H,17,20)(H,18,19). The van der Waals surface area contributed by atoms with Crippen LogP contribution in [-0.4, -0.2) is 34.7 Å². The zero-order chi connectivity index (χ0) is 15.4. The average Bonchev–Trinajstić information content (AvgIpc) is 3.09. The Morgan fingerprint density at radius 1 is 1.27 bits per heavy atom.